The van der Waals surface area contributed by atoms with Gasteiger partial charge in [0.1, 0.15) is 0 Å². The van der Waals surface area contributed by atoms with E-state index in [1.54, 1.807) is 0 Å². The fraction of sp³-hybridized carbons (Fsp3) is 0.0204. The van der Waals surface area contributed by atoms with Crippen molar-refractivity contribution in [2.24, 2.45) is 0 Å². The molecule has 2 aliphatic rings. The van der Waals surface area contributed by atoms with E-state index in [4.69, 9.17) is 0 Å². The lowest BCUT2D eigenvalue weighted by molar-refractivity contribution is 0.670. The molecular formula is C49H31NS2. The average Bonchev–Trinajstić information content (AvgIpc) is 3.56. The van der Waals surface area contributed by atoms with Crippen molar-refractivity contribution < 1.29 is 0 Å². The first kappa shape index (κ1) is 29.9. The molecule has 0 amide bonds. The van der Waals surface area contributed by atoms with Crippen molar-refractivity contribution in [3.8, 4) is 27.9 Å². The van der Waals surface area contributed by atoms with Crippen LogP contribution in [0.25, 0.3) is 49.7 Å². The molecule has 9 aromatic rings. The first-order valence-corrected chi connectivity index (χ1v) is 19.4. The molecule has 0 fully saturated rings. The zero-order chi connectivity index (χ0) is 34.2. The molecule has 244 valence electrons. The Morgan fingerprint density at radius 1 is 0.385 bits per heavy atom. The SMILES string of the molecule is c1ccc(-c2cccc3c2Sc2ccccc2C32c3ccccc3Sc3cccc(-c4cccc5c6ccccc6n(-c6ccccc6)c45)c32)cc1. The zero-order valence-corrected chi connectivity index (χ0v) is 29.8. The lowest BCUT2D eigenvalue weighted by Crippen LogP contribution is -2.37. The minimum absolute atomic E-state index is 0.554. The first-order chi connectivity index (χ1) is 25.8. The molecule has 1 nitrogen and oxygen atoms in total. The highest BCUT2D eigenvalue weighted by Gasteiger charge is 2.50. The monoisotopic (exact) mass is 697 g/mol. The number of benzene rings is 8. The smallest absolute Gasteiger partial charge is 0.0751 e. The van der Waals surface area contributed by atoms with Gasteiger partial charge in [0.2, 0.25) is 0 Å². The van der Waals surface area contributed by atoms with Crippen LogP contribution in [0, 0.1) is 0 Å². The molecule has 0 radical (unpaired) electrons. The number of hydrogen-bond acceptors (Lipinski definition) is 2. The van der Waals surface area contributed by atoms with E-state index < -0.39 is 5.41 Å². The Labute approximate surface area is 311 Å². The maximum absolute atomic E-state index is 2.47. The molecule has 0 bridgehead atoms. The van der Waals surface area contributed by atoms with Crippen molar-refractivity contribution in [3.05, 3.63) is 210 Å². The highest BCUT2D eigenvalue weighted by molar-refractivity contribution is 8.00. The van der Waals surface area contributed by atoms with Crippen LogP contribution in [0.15, 0.2) is 208 Å². The maximum Gasteiger partial charge on any atom is 0.0751 e. The van der Waals surface area contributed by atoms with E-state index in [1.165, 1.54) is 85.9 Å². The Bertz CT molecular complexity index is 2840. The summed E-state index contributed by atoms with van der Waals surface area (Å²) >= 11 is 3.82. The van der Waals surface area contributed by atoms with E-state index in [9.17, 15) is 0 Å². The van der Waals surface area contributed by atoms with E-state index >= 15 is 0 Å². The third-order valence-corrected chi connectivity index (χ3v) is 13.3. The van der Waals surface area contributed by atoms with E-state index in [0.717, 1.165) is 5.69 Å². The van der Waals surface area contributed by atoms with Gasteiger partial charge in [0, 0.05) is 41.6 Å². The molecule has 1 atom stereocenters. The molecule has 1 aromatic heterocycles. The lowest BCUT2D eigenvalue weighted by atomic mass is 9.62. The van der Waals surface area contributed by atoms with E-state index in [0.29, 0.717) is 0 Å². The molecule has 11 rings (SSSR count). The van der Waals surface area contributed by atoms with Crippen molar-refractivity contribution in [2.45, 2.75) is 25.0 Å². The van der Waals surface area contributed by atoms with Crippen LogP contribution in [-0.2, 0) is 5.41 Å². The van der Waals surface area contributed by atoms with Crippen LogP contribution >= 0.6 is 23.5 Å². The fourth-order valence-corrected chi connectivity index (χ4v) is 11.4. The minimum Gasteiger partial charge on any atom is -0.309 e. The van der Waals surface area contributed by atoms with Gasteiger partial charge in [-0.15, -0.1) is 0 Å². The molecule has 3 heterocycles. The zero-order valence-electron chi connectivity index (χ0n) is 28.2. The average molecular weight is 698 g/mol. The molecule has 1 unspecified atom stereocenters. The quantitative estimate of drug-likeness (QED) is 0.181. The molecule has 3 heteroatoms. The number of para-hydroxylation sites is 3. The summed E-state index contributed by atoms with van der Waals surface area (Å²) in [5, 5.41) is 2.53. The highest BCUT2D eigenvalue weighted by Crippen LogP contribution is 2.64. The van der Waals surface area contributed by atoms with Gasteiger partial charge >= 0.3 is 0 Å². The van der Waals surface area contributed by atoms with Gasteiger partial charge in [-0.05, 0) is 75.3 Å². The minimum atomic E-state index is -0.554. The molecule has 1 spiro atoms. The Hall–Kier alpha value is -5.74. The van der Waals surface area contributed by atoms with Gasteiger partial charge in [0.15, 0.2) is 0 Å². The predicted molar refractivity (Wildman–Crippen MR) is 218 cm³/mol. The summed E-state index contributed by atoms with van der Waals surface area (Å²) in [4.78, 5) is 5.23. The molecule has 0 saturated carbocycles. The second-order valence-electron chi connectivity index (χ2n) is 13.6. The molecule has 0 N–H and O–H groups in total. The van der Waals surface area contributed by atoms with Crippen LogP contribution < -0.4 is 0 Å². The van der Waals surface area contributed by atoms with Gasteiger partial charge in [0.25, 0.3) is 0 Å². The summed E-state index contributed by atoms with van der Waals surface area (Å²) in [5.74, 6) is 0. The molecule has 2 aliphatic heterocycles. The van der Waals surface area contributed by atoms with Crippen LogP contribution in [-0.4, -0.2) is 4.57 Å². The molecule has 8 aromatic carbocycles. The summed E-state index contributed by atoms with van der Waals surface area (Å²) in [6.07, 6.45) is 0. The van der Waals surface area contributed by atoms with Crippen LogP contribution in [0.3, 0.4) is 0 Å². The van der Waals surface area contributed by atoms with E-state index in [2.05, 4.69) is 193 Å². The Morgan fingerprint density at radius 2 is 0.942 bits per heavy atom. The van der Waals surface area contributed by atoms with Crippen LogP contribution in [0.1, 0.15) is 22.3 Å². The van der Waals surface area contributed by atoms with Crippen LogP contribution in [0.2, 0.25) is 0 Å². The number of hydrogen-bond donors (Lipinski definition) is 0. The molecule has 52 heavy (non-hydrogen) atoms. The second kappa shape index (κ2) is 11.6. The molecular weight excluding hydrogens is 667 g/mol. The van der Waals surface area contributed by atoms with Crippen molar-refractivity contribution >= 4 is 45.3 Å². The third kappa shape index (κ3) is 4.15. The van der Waals surface area contributed by atoms with Gasteiger partial charge in [-0.25, -0.2) is 0 Å². The molecule has 0 saturated heterocycles. The number of fused-ring (bicyclic) bond motifs is 11. The number of rotatable bonds is 3. The summed E-state index contributed by atoms with van der Waals surface area (Å²) < 4.78 is 2.47. The number of nitrogens with zero attached hydrogens (tertiary/aromatic N) is 1. The lowest BCUT2D eigenvalue weighted by Gasteiger charge is -2.47. The Kier molecular flexibility index (Phi) is 6.70. The highest BCUT2D eigenvalue weighted by atomic mass is 32.2. The van der Waals surface area contributed by atoms with Crippen molar-refractivity contribution in [3.63, 3.8) is 0 Å². The second-order valence-corrected chi connectivity index (χ2v) is 15.7. The van der Waals surface area contributed by atoms with Crippen molar-refractivity contribution in [1.29, 1.82) is 0 Å². The predicted octanol–water partition coefficient (Wildman–Crippen LogP) is 13.4. The van der Waals surface area contributed by atoms with Gasteiger partial charge in [0.05, 0.1) is 16.4 Å². The van der Waals surface area contributed by atoms with E-state index in [-0.39, 0.29) is 0 Å². The summed E-state index contributed by atoms with van der Waals surface area (Å²) in [6.45, 7) is 0. The summed E-state index contributed by atoms with van der Waals surface area (Å²) in [7, 11) is 0. The molecule has 0 aliphatic carbocycles. The van der Waals surface area contributed by atoms with E-state index in [1.807, 2.05) is 23.5 Å². The van der Waals surface area contributed by atoms with Gasteiger partial charge < -0.3 is 4.57 Å². The Balaban J connectivity index is 1.32. The summed E-state index contributed by atoms with van der Waals surface area (Å²) in [6, 6.07) is 69.7. The topological polar surface area (TPSA) is 4.93 Å². The number of aromatic nitrogens is 1. The third-order valence-electron chi connectivity index (χ3n) is 10.9. The Morgan fingerprint density at radius 3 is 1.75 bits per heavy atom. The van der Waals surface area contributed by atoms with Gasteiger partial charge in [-0.1, -0.05) is 175 Å². The normalized spacial score (nSPS) is 15.6. The largest absolute Gasteiger partial charge is 0.309 e. The van der Waals surface area contributed by atoms with Crippen molar-refractivity contribution in [1.82, 2.24) is 4.57 Å². The fourth-order valence-electron chi connectivity index (χ4n) is 8.89. The maximum atomic E-state index is 2.47. The standard InChI is InChI=1S/C49H31NS2/c1-3-16-32(17-4-1)34-21-14-27-41-48(34)52-44-30-12-9-26-40(44)49(41)39-25-8-11-29-43(39)51-45-31-15-22-36(46(45)49)38-24-13-23-37-35-20-7-10-28-42(35)50(47(37)38)33-18-5-2-6-19-33/h1-31H. The van der Waals surface area contributed by atoms with Crippen LogP contribution in [0.5, 0.6) is 0 Å². The van der Waals surface area contributed by atoms with Crippen molar-refractivity contribution in [2.75, 3.05) is 0 Å². The summed E-state index contributed by atoms with van der Waals surface area (Å²) in [5.41, 5.74) is 13.5. The first-order valence-electron chi connectivity index (χ1n) is 17.8. The van der Waals surface area contributed by atoms with Crippen LogP contribution in [0.4, 0.5) is 0 Å². The van der Waals surface area contributed by atoms with Gasteiger partial charge in [-0.3, -0.25) is 0 Å². The van der Waals surface area contributed by atoms with Gasteiger partial charge in [-0.2, -0.15) is 0 Å².